The maximum atomic E-state index is 12.7. The molecule has 0 saturated heterocycles. The monoisotopic (exact) mass is 481 g/mol. The summed E-state index contributed by atoms with van der Waals surface area (Å²) in [5.41, 5.74) is 1.81. The normalized spacial score (nSPS) is 12.2. The molecule has 2 aromatic rings. The fourth-order valence-electron chi connectivity index (χ4n) is 2.71. The van der Waals surface area contributed by atoms with Crippen molar-refractivity contribution in [3.05, 3.63) is 63.6 Å². The molecule has 0 fully saturated rings. The van der Waals surface area contributed by atoms with E-state index in [2.05, 4.69) is 30.9 Å². The molecule has 2 aromatic carbocycles. The summed E-state index contributed by atoms with van der Waals surface area (Å²) in [6, 6.07) is 12.4. The summed E-state index contributed by atoms with van der Waals surface area (Å²) in [6.45, 7) is 6.50. The number of carbonyl (C=O) groups excluding carboxylic acids is 1. The van der Waals surface area contributed by atoms with Crippen LogP contribution in [-0.4, -0.2) is 38.9 Å². The Labute approximate surface area is 181 Å². The molecule has 29 heavy (non-hydrogen) atoms. The molecule has 2 rings (SSSR count). The molecular formula is C21H28BrN3O3S. The van der Waals surface area contributed by atoms with Gasteiger partial charge in [0.2, 0.25) is 10.0 Å². The molecule has 0 bridgehead atoms. The van der Waals surface area contributed by atoms with Gasteiger partial charge in [0, 0.05) is 23.1 Å². The van der Waals surface area contributed by atoms with E-state index in [9.17, 15) is 13.2 Å². The Kier molecular flexibility index (Phi) is 7.62. The largest absolute Gasteiger partial charge is 0.348 e. The van der Waals surface area contributed by atoms with Crippen LogP contribution < -0.4 is 10.0 Å². The van der Waals surface area contributed by atoms with Crippen molar-refractivity contribution >= 4 is 31.9 Å². The number of amides is 1. The predicted octanol–water partition coefficient (Wildman–Crippen LogP) is 3.52. The third kappa shape index (κ3) is 7.22. The number of hydrogen-bond donors (Lipinski definition) is 2. The molecule has 6 nitrogen and oxygen atoms in total. The second-order valence-corrected chi connectivity index (χ2v) is 10.8. The Morgan fingerprint density at radius 1 is 1.03 bits per heavy atom. The van der Waals surface area contributed by atoms with E-state index in [4.69, 9.17) is 0 Å². The first-order valence-corrected chi connectivity index (χ1v) is 11.5. The van der Waals surface area contributed by atoms with Crippen molar-refractivity contribution in [3.63, 3.8) is 0 Å². The summed E-state index contributed by atoms with van der Waals surface area (Å²) in [5, 5.41) is 2.85. The predicted molar refractivity (Wildman–Crippen MR) is 119 cm³/mol. The van der Waals surface area contributed by atoms with Crippen molar-refractivity contribution in [1.29, 1.82) is 0 Å². The number of benzene rings is 2. The summed E-state index contributed by atoms with van der Waals surface area (Å²) < 4.78 is 28.2. The van der Waals surface area contributed by atoms with Crippen LogP contribution in [0.3, 0.4) is 0 Å². The topological polar surface area (TPSA) is 78.5 Å². The van der Waals surface area contributed by atoms with Crippen molar-refractivity contribution in [2.75, 3.05) is 14.1 Å². The molecule has 2 N–H and O–H groups in total. The summed E-state index contributed by atoms with van der Waals surface area (Å²) in [6.07, 6.45) is 0. The average Bonchev–Trinajstić information content (AvgIpc) is 2.58. The van der Waals surface area contributed by atoms with Crippen LogP contribution in [0, 0.1) is 0 Å². The van der Waals surface area contributed by atoms with Gasteiger partial charge >= 0.3 is 0 Å². The molecule has 1 amide bonds. The molecule has 0 radical (unpaired) electrons. The Balaban J connectivity index is 2.13. The second-order valence-electron chi connectivity index (χ2n) is 8.23. The van der Waals surface area contributed by atoms with Crippen molar-refractivity contribution < 1.29 is 13.2 Å². The molecule has 0 spiro atoms. The van der Waals surface area contributed by atoms with Crippen molar-refractivity contribution in [2.45, 2.75) is 44.3 Å². The zero-order valence-electron chi connectivity index (χ0n) is 17.4. The summed E-state index contributed by atoms with van der Waals surface area (Å²) in [5.74, 6) is -0.345. The number of sulfonamides is 1. The molecule has 0 aromatic heterocycles. The number of nitrogens with zero attached hydrogens (tertiary/aromatic N) is 1. The maximum absolute atomic E-state index is 12.7. The van der Waals surface area contributed by atoms with E-state index in [1.165, 1.54) is 17.7 Å². The van der Waals surface area contributed by atoms with Gasteiger partial charge in [0.25, 0.3) is 5.91 Å². The van der Waals surface area contributed by atoms with Crippen LogP contribution in [0.5, 0.6) is 0 Å². The molecule has 158 valence electrons. The van der Waals surface area contributed by atoms with Crippen molar-refractivity contribution in [2.24, 2.45) is 0 Å². The van der Waals surface area contributed by atoms with Gasteiger partial charge in [-0.3, -0.25) is 4.79 Å². The van der Waals surface area contributed by atoms with Gasteiger partial charge in [-0.05, 0) is 80.1 Å². The fourth-order valence-corrected chi connectivity index (χ4v) is 4.58. The van der Waals surface area contributed by atoms with Gasteiger partial charge in [-0.25, -0.2) is 13.1 Å². The van der Waals surface area contributed by atoms with Crippen molar-refractivity contribution in [3.8, 4) is 0 Å². The van der Waals surface area contributed by atoms with E-state index >= 15 is 0 Å². The van der Waals surface area contributed by atoms with E-state index in [0.29, 0.717) is 11.0 Å². The molecule has 0 heterocycles. The maximum Gasteiger partial charge on any atom is 0.252 e. The molecule has 0 unspecified atom stereocenters. The number of nitrogens with one attached hydrogen (secondary N) is 2. The van der Waals surface area contributed by atoms with Crippen LogP contribution >= 0.6 is 15.9 Å². The molecule has 8 heteroatoms. The minimum absolute atomic E-state index is 0.0498. The molecule has 0 aliphatic rings. The lowest BCUT2D eigenvalue weighted by molar-refractivity contribution is 0.0950. The zero-order valence-corrected chi connectivity index (χ0v) is 19.8. The highest BCUT2D eigenvalue weighted by Crippen LogP contribution is 2.22. The van der Waals surface area contributed by atoms with Gasteiger partial charge in [-0.15, -0.1) is 0 Å². The van der Waals surface area contributed by atoms with Crippen LogP contribution in [0.25, 0.3) is 0 Å². The highest BCUT2D eigenvalue weighted by Gasteiger charge is 2.23. The first-order valence-electron chi connectivity index (χ1n) is 9.22. The lowest BCUT2D eigenvalue weighted by atomic mass is 10.1. The average molecular weight is 482 g/mol. The SMILES string of the molecule is CN(C)Cc1ccc(CNC(=O)c2cc(S(=O)(=O)NC(C)(C)C)ccc2Br)cc1. The second kappa shape index (κ2) is 9.38. The summed E-state index contributed by atoms with van der Waals surface area (Å²) in [7, 11) is 0.295. The fraction of sp³-hybridized carbons (Fsp3) is 0.381. The number of rotatable bonds is 7. The third-order valence-electron chi connectivity index (χ3n) is 3.91. The van der Waals surface area contributed by atoms with E-state index in [-0.39, 0.29) is 16.4 Å². The van der Waals surface area contributed by atoms with Gasteiger partial charge in [0.1, 0.15) is 0 Å². The minimum Gasteiger partial charge on any atom is -0.348 e. The van der Waals surface area contributed by atoms with Crippen molar-refractivity contribution in [1.82, 2.24) is 14.9 Å². The lowest BCUT2D eigenvalue weighted by Gasteiger charge is -2.20. The van der Waals surface area contributed by atoms with E-state index in [1.54, 1.807) is 26.8 Å². The highest BCUT2D eigenvalue weighted by atomic mass is 79.9. The Hall–Kier alpha value is -1.74. The number of hydrogen-bond acceptors (Lipinski definition) is 4. The Morgan fingerprint density at radius 3 is 2.17 bits per heavy atom. The van der Waals surface area contributed by atoms with Crippen LogP contribution in [0.4, 0.5) is 0 Å². The van der Waals surface area contributed by atoms with E-state index in [1.807, 2.05) is 38.4 Å². The van der Waals surface area contributed by atoms with E-state index < -0.39 is 15.6 Å². The molecule has 0 aliphatic carbocycles. The highest BCUT2D eigenvalue weighted by molar-refractivity contribution is 9.10. The first kappa shape index (κ1) is 23.5. The Morgan fingerprint density at radius 2 is 1.62 bits per heavy atom. The Bertz CT molecular complexity index is 966. The summed E-state index contributed by atoms with van der Waals surface area (Å²) in [4.78, 5) is 14.8. The molecular weight excluding hydrogens is 454 g/mol. The van der Waals surface area contributed by atoms with Crippen LogP contribution in [0.15, 0.2) is 51.8 Å². The first-order chi connectivity index (χ1) is 13.4. The number of carbonyl (C=O) groups is 1. The summed E-state index contributed by atoms with van der Waals surface area (Å²) >= 11 is 3.34. The van der Waals surface area contributed by atoms with Gasteiger partial charge in [0.05, 0.1) is 10.5 Å². The third-order valence-corrected chi connectivity index (χ3v) is 6.36. The molecule has 0 aliphatic heterocycles. The lowest BCUT2D eigenvalue weighted by Crippen LogP contribution is -2.40. The van der Waals surface area contributed by atoms with Crippen LogP contribution in [-0.2, 0) is 23.1 Å². The molecule has 0 atom stereocenters. The van der Waals surface area contributed by atoms with Crippen LogP contribution in [0.1, 0.15) is 42.3 Å². The smallest absolute Gasteiger partial charge is 0.252 e. The standard InChI is InChI=1S/C21H28BrN3O3S/c1-21(2,3)24-29(27,28)17-10-11-19(22)18(12-17)20(26)23-13-15-6-8-16(9-7-15)14-25(4)5/h6-12,24H,13-14H2,1-5H3,(H,23,26). The van der Waals surface area contributed by atoms with Gasteiger partial charge in [-0.1, -0.05) is 24.3 Å². The van der Waals surface area contributed by atoms with Gasteiger partial charge < -0.3 is 10.2 Å². The quantitative estimate of drug-likeness (QED) is 0.633. The van der Waals surface area contributed by atoms with E-state index in [0.717, 1.165) is 12.1 Å². The zero-order chi connectivity index (χ0) is 21.8. The van der Waals surface area contributed by atoms with Gasteiger partial charge in [-0.2, -0.15) is 0 Å². The number of halogens is 1. The van der Waals surface area contributed by atoms with Crippen LogP contribution in [0.2, 0.25) is 0 Å². The molecule has 0 saturated carbocycles. The van der Waals surface area contributed by atoms with Gasteiger partial charge in [0.15, 0.2) is 0 Å². The minimum atomic E-state index is -3.73.